The average Bonchev–Trinajstić information content (AvgIpc) is 2.46. The number of rotatable bonds is 6. The van der Waals surface area contributed by atoms with E-state index in [1.807, 2.05) is 0 Å². The third-order valence-corrected chi connectivity index (χ3v) is 3.52. The number of ether oxygens (including phenoxy) is 1. The molecule has 0 atom stereocenters. The third-order valence-electron chi connectivity index (χ3n) is 3.08. The van der Waals surface area contributed by atoms with Crippen molar-refractivity contribution in [1.29, 1.82) is 0 Å². The molecule has 21 heavy (non-hydrogen) atoms. The van der Waals surface area contributed by atoms with Gasteiger partial charge in [-0.05, 0) is 35.8 Å². The second-order valence-electron chi connectivity index (χ2n) is 5.15. The summed E-state index contributed by atoms with van der Waals surface area (Å²) in [5.74, 6) is -0.708. The van der Waals surface area contributed by atoms with Crippen molar-refractivity contribution in [3.63, 3.8) is 0 Å². The van der Waals surface area contributed by atoms with E-state index in [-0.39, 0.29) is 25.5 Å². The Kier molecular flexibility index (Phi) is 6.29. The van der Waals surface area contributed by atoms with Gasteiger partial charge in [0.2, 0.25) is 0 Å². The van der Waals surface area contributed by atoms with Gasteiger partial charge in [-0.25, -0.2) is 0 Å². The maximum Gasteiger partial charge on any atom is 0.307 e. The number of hydrogen-bond donors (Lipinski definition) is 1. The van der Waals surface area contributed by atoms with Gasteiger partial charge in [-0.2, -0.15) is 0 Å². The van der Waals surface area contributed by atoms with E-state index in [9.17, 15) is 14.7 Å². The van der Waals surface area contributed by atoms with Gasteiger partial charge in [-0.15, -0.1) is 0 Å². The molecule has 0 saturated heterocycles. The molecule has 0 bridgehead atoms. The molecule has 1 rings (SSSR count). The molecule has 0 saturated carbocycles. The SMILES string of the molecule is COC(=O)CCN(C(=O)c1cncc(Br)c1)C(C)(C)CO. The van der Waals surface area contributed by atoms with Gasteiger partial charge < -0.3 is 14.7 Å². The second-order valence-corrected chi connectivity index (χ2v) is 6.06. The highest BCUT2D eigenvalue weighted by atomic mass is 79.9. The smallest absolute Gasteiger partial charge is 0.307 e. The number of pyridine rings is 1. The number of methoxy groups -OCH3 is 1. The molecule has 0 aliphatic rings. The molecular formula is C14H19BrN2O4. The molecule has 0 aromatic carbocycles. The van der Waals surface area contributed by atoms with E-state index in [4.69, 9.17) is 0 Å². The Labute approximate surface area is 132 Å². The van der Waals surface area contributed by atoms with Crippen LogP contribution in [0.5, 0.6) is 0 Å². The van der Waals surface area contributed by atoms with Crippen LogP contribution in [-0.2, 0) is 9.53 Å². The highest BCUT2D eigenvalue weighted by Crippen LogP contribution is 2.19. The van der Waals surface area contributed by atoms with Crippen LogP contribution in [0.25, 0.3) is 0 Å². The van der Waals surface area contributed by atoms with Crippen LogP contribution >= 0.6 is 15.9 Å². The normalized spacial score (nSPS) is 11.1. The maximum absolute atomic E-state index is 12.6. The number of halogens is 1. The third kappa shape index (κ3) is 4.78. The van der Waals surface area contributed by atoms with Crippen molar-refractivity contribution < 1.29 is 19.4 Å². The Bertz CT molecular complexity index is 519. The number of amides is 1. The number of aliphatic hydroxyl groups excluding tert-OH is 1. The first-order valence-electron chi connectivity index (χ1n) is 6.42. The highest BCUT2D eigenvalue weighted by Gasteiger charge is 2.31. The standard InChI is InChI=1S/C14H19BrN2O4/c1-14(2,9-18)17(5-4-12(19)21-3)13(20)10-6-11(15)8-16-7-10/h6-8,18H,4-5,9H2,1-3H3. The van der Waals surface area contributed by atoms with Crippen LogP contribution in [0.15, 0.2) is 22.9 Å². The van der Waals surface area contributed by atoms with Crippen molar-refractivity contribution in [3.05, 3.63) is 28.5 Å². The van der Waals surface area contributed by atoms with E-state index in [2.05, 4.69) is 25.7 Å². The molecule has 116 valence electrons. The van der Waals surface area contributed by atoms with Crippen molar-refractivity contribution in [2.24, 2.45) is 0 Å². The number of hydrogen-bond acceptors (Lipinski definition) is 5. The molecule has 1 N–H and O–H groups in total. The minimum Gasteiger partial charge on any atom is -0.469 e. The summed E-state index contributed by atoms with van der Waals surface area (Å²) in [4.78, 5) is 29.3. The van der Waals surface area contributed by atoms with Crippen LogP contribution in [0.3, 0.4) is 0 Å². The molecule has 0 aliphatic heterocycles. The van der Waals surface area contributed by atoms with Gasteiger partial charge in [-0.3, -0.25) is 14.6 Å². The Morgan fingerprint density at radius 1 is 1.43 bits per heavy atom. The van der Waals surface area contributed by atoms with Crippen molar-refractivity contribution in [3.8, 4) is 0 Å². The molecule has 1 amide bonds. The van der Waals surface area contributed by atoms with Gasteiger partial charge in [0.15, 0.2) is 0 Å². The van der Waals surface area contributed by atoms with Gasteiger partial charge in [-0.1, -0.05) is 0 Å². The Hall–Kier alpha value is -1.47. The summed E-state index contributed by atoms with van der Waals surface area (Å²) in [6, 6.07) is 1.65. The molecule has 0 aliphatic carbocycles. The van der Waals surface area contributed by atoms with E-state index in [0.29, 0.717) is 10.0 Å². The first-order chi connectivity index (χ1) is 9.81. The van der Waals surface area contributed by atoms with Gasteiger partial charge in [0.25, 0.3) is 5.91 Å². The molecule has 6 nitrogen and oxygen atoms in total. The number of carbonyl (C=O) groups excluding carboxylic acids is 2. The van der Waals surface area contributed by atoms with Gasteiger partial charge in [0.1, 0.15) is 0 Å². The molecule has 1 heterocycles. The Morgan fingerprint density at radius 3 is 2.62 bits per heavy atom. The number of aromatic nitrogens is 1. The van der Waals surface area contributed by atoms with Gasteiger partial charge in [0.05, 0.1) is 31.2 Å². The molecule has 1 aromatic rings. The van der Waals surface area contributed by atoms with Crippen LogP contribution in [0.4, 0.5) is 0 Å². The quantitative estimate of drug-likeness (QED) is 0.781. The van der Waals surface area contributed by atoms with Crippen molar-refractivity contribution >= 4 is 27.8 Å². The lowest BCUT2D eigenvalue weighted by atomic mass is 10.0. The Balaban J connectivity index is 3.00. The second kappa shape index (κ2) is 7.51. The van der Waals surface area contributed by atoms with Crippen molar-refractivity contribution in [1.82, 2.24) is 9.88 Å². The summed E-state index contributed by atoms with van der Waals surface area (Å²) in [6.45, 7) is 3.40. The van der Waals surface area contributed by atoms with Crippen LogP contribution in [0.1, 0.15) is 30.6 Å². The molecule has 1 aromatic heterocycles. The molecular weight excluding hydrogens is 340 g/mol. The molecule has 0 radical (unpaired) electrons. The number of esters is 1. The summed E-state index contributed by atoms with van der Waals surface area (Å²) in [5, 5.41) is 9.50. The highest BCUT2D eigenvalue weighted by molar-refractivity contribution is 9.10. The minimum atomic E-state index is -0.798. The summed E-state index contributed by atoms with van der Waals surface area (Å²) in [7, 11) is 1.30. The monoisotopic (exact) mass is 358 g/mol. The lowest BCUT2D eigenvalue weighted by Gasteiger charge is -2.37. The molecule has 0 unspecified atom stereocenters. The summed E-state index contributed by atoms with van der Waals surface area (Å²) < 4.78 is 5.28. The minimum absolute atomic E-state index is 0.0626. The largest absolute Gasteiger partial charge is 0.469 e. The molecule has 7 heteroatoms. The maximum atomic E-state index is 12.6. The van der Waals surface area contributed by atoms with Crippen molar-refractivity contribution in [2.45, 2.75) is 25.8 Å². The molecule has 0 spiro atoms. The zero-order valence-electron chi connectivity index (χ0n) is 12.3. The lowest BCUT2D eigenvalue weighted by Crippen LogP contribution is -2.51. The predicted octanol–water partition coefficient (Wildman–Crippen LogP) is 1.62. The number of carbonyl (C=O) groups is 2. The van der Waals surface area contributed by atoms with E-state index >= 15 is 0 Å². The fourth-order valence-electron chi connectivity index (χ4n) is 1.75. The topological polar surface area (TPSA) is 79.7 Å². The Morgan fingerprint density at radius 2 is 2.10 bits per heavy atom. The zero-order chi connectivity index (χ0) is 16.0. The number of aliphatic hydroxyl groups is 1. The number of nitrogens with zero attached hydrogens (tertiary/aromatic N) is 2. The van der Waals surface area contributed by atoms with E-state index < -0.39 is 11.5 Å². The lowest BCUT2D eigenvalue weighted by molar-refractivity contribution is -0.141. The fraction of sp³-hybridized carbons (Fsp3) is 0.500. The average molecular weight is 359 g/mol. The van der Waals surface area contributed by atoms with Crippen LogP contribution in [-0.4, -0.2) is 52.7 Å². The van der Waals surface area contributed by atoms with Crippen molar-refractivity contribution in [2.75, 3.05) is 20.3 Å². The van der Waals surface area contributed by atoms with E-state index in [1.54, 1.807) is 26.1 Å². The van der Waals surface area contributed by atoms with Gasteiger partial charge >= 0.3 is 5.97 Å². The van der Waals surface area contributed by atoms with Crippen LogP contribution in [0.2, 0.25) is 0 Å². The van der Waals surface area contributed by atoms with Crippen LogP contribution in [0, 0.1) is 0 Å². The fourth-order valence-corrected chi connectivity index (χ4v) is 2.12. The van der Waals surface area contributed by atoms with Gasteiger partial charge in [0, 0.05) is 23.4 Å². The zero-order valence-corrected chi connectivity index (χ0v) is 13.9. The van der Waals surface area contributed by atoms with E-state index in [1.165, 1.54) is 18.2 Å². The summed E-state index contributed by atoms with van der Waals surface area (Å²) in [5.41, 5.74) is -0.413. The molecule has 0 fully saturated rings. The first kappa shape index (κ1) is 17.6. The van der Waals surface area contributed by atoms with Crippen LogP contribution < -0.4 is 0 Å². The first-order valence-corrected chi connectivity index (χ1v) is 7.21. The predicted molar refractivity (Wildman–Crippen MR) is 80.8 cm³/mol. The van der Waals surface area contributed by atoms with E-state index in [0.717, 1.165) is 0 Å². The summed E-state index contributed by atoms with van der Waals surface area (Å²) >= 11 is 3.26. The summed E-state index contributed by atoms with van der Waals surface area (Å²) in [6.07, 6.45) is 3.09.